The summed E-state index contributed by atoms with van der Waals surface area (Å²) in [7, 11) is -3.81. The molecule has 1 fully saturated rings. The highest BCUT2D eigenvalue weighted by Gasteiger charge is 2.42. The van der Waals surface area contributed by atoms with Gasteiger partial charge in [-0.2, -0.15) is 0 Å². The van der Waals surface area contributed by atoms with Crippen LogP contribution in [0.3, 0.4) is 0 Å². The summed E-state index contributed by atoms with van der Waals surface area (Å²) >= 11 is 5.88. The van der Waals surface area contributed by atoms with Gasteiger partial charge in [0.25, 0.3) is 0 Å². The van der Waals surface area contributed by atoms with Gasteiger partial charge < -0.3 is 4.90 Å². The smallest absolute Gasteiger partial charge is 0.240 e. The number of amides is 1. The molecule has 1 heterocycles. The van der Waals surface area contributed by atoms with E-state index in [-0.39, 0.29) is 17.2 Å². The largest absolute Gasteiger partial charge is 0.330 e. The van der Waals surface area contributed by atoms with Gasteiger partial charge in [0, 0.05) is 18.0 Å². The van der Waals surface area contributed by atoms with E-state index in [1.165, 1.54) is 24.3 Å². The Balaban J connectivity index is 1.66. The van der Waals surface area contributed by atoms with Crippen molar-refractivity contribution in [3.63, 3.8) is 0 Å². The van der Waals surface area contributed by atoms with E-state index in [1.54, 1.807) is 4.90 Å². The molecule has 1 saturated heterocycles. The fraction of sp³-hybridized carbons (Fsp3) is 0.174. The van der Waals surface area contributed by atoms with Crippen molar-refractivity contribution >= 4 is 27.5 Å². The normalized spacial score (nSPS) is 19.2. The molecule has 1 aliphatic rings. The van der Waals surface area contributed by atoms with Gasteiger partial charge in [-0.15, -0.1) is 0 Å². The minimum atomic E-state index is -3.81. The lowest BCUT2D eigenvalue weighted by Gasteiger charge is -2.29. The van der Waals surface area contributed by atoms with E-state index in [1.807, 2.05) is 60.7 Å². The van der Waals surface area contributed by atoms with Crippen molar-refractivity contribution in [3.8, 4) is 0 Å². The van der Waals surface area contributed by atoms with Crippen molar-refractivity contribution < 1.29 is 13.2 Å². The number of likely N-dealkylation sites (tertiary alicyclic amines) is 1. The van der Waals surface area contributed by atoms with Crippen LogP contribution >= 0.6 is 11.6 Å². The number of carbonyl (C=O) groups excluding carboxylic acids is 1. The zero-order valence-corrected chi connectivity index (χ0v) is 17.7. The molecule has 3 aromatic rings. The van der Waals surface area contributed by atoms with Crippen molar-refractivity contribution in [1.29, 1.82) is 0 Å². The van der Waals surface area contributed by atoms with Gasteiger partial charge in [-0.1, -0.05) is 72.3 Å². The average molecular weight is 441 g/mol. The number of nitrogens with zero attached hydrogens (tertiary/aromatic N) is 1. The van der Waals surface area contributed by atoms with E-state index in [2.05, 4.69) is 4.72 Å². The second kappa shape index (κ2) is 8.60. The number of halogens is 1. The van der Waals surface area contributed by atoms with E-state index < -0.39 is 22.1 Å². The van der Waals surface area contributed by atoms with E-state index in [0.29, 0.717) is 11.6 Å². The number of hydrogen-bond donors (Lipinski definition) is 1. The van der Waals surface area contributed by atoms with Crippen LogP contribution in [0.5, 0.6) is 0 Å². The van der Waals surface area contributed by atoms with Crippen molar-refractivity contribution in [2.45, 2.75) is 29.9 Å². The molecule has 5 nitrogen and oxygen atoms in total. The van der Waals surface area contributed by atoms with Gasteiger partial charge in [0.15, 0.2) is 0 Å². The molecule has 0 aromatic heterocycles. The average Bonchev–Trinajstić information content (AvgIpc) is 3.03. The van der Waals surface area contributed by atoms with Crippen LogP contribution in [-0.2, 0) is 21.4 Å². The number of rotatable bonds is 6. The Labute approximate surface area is 181 Å². The third-order valence-electron chi connectivity index (χ3n) is 5.20. The molecule has 1 amide bonds. The maximum atomic E-state index is 13.0. The van der Waals surface area contributed by atoms with Gasteiger partial charge in [0.1, 0.15) is 0 Å². The van der Waals surface area contributed by atoms with Crippen LogP contribution in [-0.4, -0.2) is 25.3 Å². The summed E-state index contributed by atoms with van der Waals surface area (Å²) in [4.78, 5) is 14.8. The Morgan fingerprint density at radius 1 is 0.900 bits per heavy atom. The Bertz CT molecular complexity index is 1120. The van der Waals surface area contributed by atoms with Crippen LogP contribution in [0.25, 0.3) is 0 Å². The summed E-state index contributed by atoms with van der Waals surface area (Å²) in [5.74, 6) is -0.0866. The minimum absolute atomic E-state index is 0.0866. The molecular weight excluding hydrogens is 420 g/mol. The standard InChI is InChI=1S/C23H21ClN2O3S/c24-19-11-13-20(14-12-19)30(28,29)25-21-15-22(27)26(16-17-7-3-1-4-8-17)23(21)18-9-5-2-6-10-18/h1-14,21,23,25H,15-16H2. The molecule has 2 atom stereocenters. The second-order valence-electron chi connectivity index (χ2n) is 7.25. The molecule has 0 saturated carbocycles. The Hall–Kier alpha value is -2.67. The quantitative estimate of drug-likeness (QED) is 0.625. The molecule has 0 radical (unpaired) electrons. The lowest BCUT2D eigenvalue weighted by atomic mass is 10.0. The van der Waals surface area contributed by atoms with Crippen LogP contribution in [0.1, 0.15) is 23.6 Å². The molecule has 154 valence electrons. The molecule has 1 aliphatic heterocycles. The number of benzene rings is 3. The fourth-order valence-electron chi connectivity index (χ4n) is 3.81. The topological polar surface area (TPSA) is 66.5 Å². The van der Waals surface area contributed by atoms with Gasteiger partial charge in [0.2, 0.25) is 15.9 Å². The first-order valence-electron chi connectivity index (χ1n) is 9.60. The molecule has 1 N–H and O–H groups in total. The summed E-state index contributed by atoms with van der Waals surface area (Å²) in [6.45, 7) is 0.415. The van der Waals surface area contributed by atoms with Gasteiger partial charge in [-0.3, -0.25) is 4.79 Å². The molecule has 2 unspecified atom stereocenters. The number of hydrogen-bond acceptors (Lipinski definition) is 3. The highest BCUT2D eigenvalue weighted by atomic mass is 35.5. The maximum Gasteiger partial charge on any atom is 0.240 e. The first kappa shape index (κ1) is 20.6. The van der Waals surface area contributed by atoms with Crippen molar-refractivity contribution in [3.05, 3.63) is 101 Å². The molecule has 7 heteroatoms. The predicted octanol–water partition coefficient (Wildman–Crippen LogP) is 4.16. The molecule has 30 heavy (non-hydrogen) atoms. The first-order chi connectivity index (χ1) is 14.4. The monoisotopic (exact) mass is 440 g/mol. The third-order valence-corrected chi connectivity index (χ3v) is 6.96. The number of nitrogens with one attached hydrogen (secondary N) is 1. The molecule has 0 aliphatic carbocycles. The van der Waals surface area contributed by atoms with Crippen LogP contribution in [0, 0.1) is 0 Å². The van der Waals surface area contributed by atoms with Crippen molar-refractivity contribution in [2.75, 3.05) is 0 Å². The second-order valence-corrected chi connectivity index (χ2v) is 9.40. The lowest BCUT2D eigenvalue weighted by Crippen LogP contribution is -2.39. The van der Waals surface area contributed by atoms with Crippen LogP contribution in [0.15, 0.2) is 89.8 Å². The summed E-state index contributed by atoms with van der Waals surface area (Å²) in [6.07, 6.45) is 0.0964. The van der Waals surface area contributed by atoms with Crippen molar-refractivity contribution in [1.82, 2.24) is 9.62 Å². The molecular formula is C23H21ClN2O3S. The number of sulfonamides is 1. The first-order valence-corrected chi connectivity index (χ1v) is 11.5. The Morgan fingerprint density at radius 2 is 1.50 bits per heavy atom. The maximum absolute atomic E-state index is 13.0. The molecule has 0 spiro atoms. The predicted molar refractivity (Wildman–Crippen MR) is 116 cm³/mol. The van der Waals surface area contributed by atoms with Crippen molar-refractivity contribution in [2.24, 2.45) is 0 Å². The van der Waals surface area contributed by atoms with Gasteiger partial charge in [-0.05, 0) is 35.4 Å². The lowest BCUT2D eigenvalue weighted by molar-refractivity contribution is -0.129. The summed E-state index contributed by atoms with van der Waals surface area (Å²) in [5.41, 5.74) is 1.89. The third kappa shape index (κ3) is 4.41. The number of carbonyl (C=O) groups is 1. The van der Waals surface area contributed by atoms with Gasteiger partial charge in [-0.25, -0.2) is 13.1 Å². The molecule has 4 rings (SSSR count). The minimum Gasteiger partial charge on any atom is -0.330 e. The van der Waals surface area contributed by atoms with Gasteiger partial charge >= 0.3 is 0 Å². The fourth-order valence-corrected chi connectivity index (χ4v) is 5.17. The highest BCUT2D eigenvalue weighted by molar-refractivity contribution is 7.89. The van der Waals surface area contributed by atoms with Crippen LogP contribution < -0.4 is 4.72 Å². The van der Waals surface area contributed by atoms with E-state index in [4.69, 9.17) is 11.6 Å². The SMILES string of the molecule is O=C1CC(NS(=O)(=O)c2ccc(Cl)cc2)C(c2ccccc2)N1Cc1ccccc1. The van der Waals surface area contributed by atoms with Crippen LogP contribution in [0.4, 0.5) is 0 Å². The summed E-state index contributed by atoms with van der Waals surface area (Å²) < 4.78 is 28.7. The van der Waals surface area contributed by atoms with Crippen LogP contribution in [0.2, 0.25) is 5.02 Å². The molecule has 3 aromatic carbocycles. The Morgan fingerprint density at radius 3 is 2.13 bits per heavy atom. The highest BCUT2D eigenvalue weighted by Crippen LogP contribution is 2.35. The van der Waals surface area contributed by atoms with Gasteiger partial charge in [0.05, 0.1) is 17.0 Å². The zero-order chi connectivity index (χ0) is 21.1. The van der Waals surface area contributed by atoms with E-state index >= 15 is 0 Å². The molecule has 0 bridgehead atoms. The Kier molecular flexibility index (Phi) is 5.90. The summed E-state index contributed by atoms with van der Waals surface area (Å²) in [6, 6.07) is 24.2. The van der Waals surface area contributed by atoms with E-state index in [9.17, 15) is 13.2 Å². The zero-order valence-electron chi connectivity index (χ0n) is 16.1. The summed E-state index contributed by atoms with van der Waals surface area (Å²) in [5, 5.41) is 0.459. The van der Waals surface area contributed by atoms with E-state index in [0.717, 1.165) is 11.1 Å².